The third-order valence-corrected chi connectivity index (χ3v) is 3.09. The smallest absolute Gasteiger partial charge is 0.233 e. The largest absolute Gasteiger partial charge is 0.379 e. The lowest BCUT2D eigenvalue weighted by Gasteiger charge is -2.06. The van der Waals surface area contributed by atoms with Crippen molar-refractivity contribution in [1.29, 1.82) is 0 Å². The lowest BCUT2D eigenvalue weighted by Crippen LogP contribution is -2.27. The van der Waals surface area contributed by atoms with Crippen LogP contribution in [0, 0.1) is 5.92 Å². The molecule has 2 fully saturated rings. The van der Waals surface area contributed by atoms with Gasteiger partial charge in [-0.1, -0.05) is 5.16 Å². The second-order valence-corrected chi connectivity index (χ2v) is 4.50. The van der Waals surface area contributed by atoms with Crippen LogP contribution in [0.4, 0.5) is 0 Å². The second-order valence-electron chi connectivity index (χ2n) is 4.50. The van der Waals surface area contributed by atoms with Crippen LogP contribution in [0.15, 0.2) is 4.52 Å². The van der Waals surface area contributed by atoms with Gasteiger partial charge in [0.05, 0.1) is 19.1 Å². The van der Waals surface area contributed by atoms with E-state index in [1.54, 1.807) is 0 Å². The van der Waals surface area contributed by atoms with Gasteiger partial charge in [0.1, 0.15) is 0 Å². The van der Waals surface area contributed by atoms with Gasteiger partial charge in [0.2, 0.25) is 5.89 Å². The fraction of sp³-hybridized carbons (Fsp3) is 0.800. The molecule has 0 spiro atoms. The van der Waals surface area contributed by atoms with E-state index >= 15 is 0 Å². The highest BCUT2D eigenvalue weighted by molar-refractivity contribution is 5.02. The van der Waals surface area contributed by atoms with Crippen molar-refractivity contribution in [2.75, 3.05) is 13.2 Å². The number of rotatable bonds is 3. The predicted molar refractivity (Wildman–Crippen MR) is 52.3 cm³/mol. The van der Waals surface area contributed by atoms with Gasteiger partial charge in [0.15, 0.2) is 5.82 Å². The van der Waals surface area contributed by atoms with Gasteiger partial charge >= 0.3 is 0 Å². The standard InChI is InChI=1S/C10H15N3O2/c11-8-5-14-4-7(8)10-12-9(13-15-10)3-6-1-2-6/h6-8H,1-5,11H2. The first-order valence-corrected chi connectivity index (χ1v) is 5.49. The Morgan fingerprint density at radius 1 is 1.33 bits per heavy atom. The minimum absolute atomic E-state index is 0.000718. The van der Waals surface area contributed by atoms with E-state index in [1.807, 2.05) is 0 Å². The molecule has 1 saturated carbocycles. The van der Waals surface area contributed by atoms with Crippen LogP contribution >= 0.6 is 0 Å². The Bertz CT molecular complexity index is 348. The summed E-state index contributed by atoms with van der Waals surface area (Å²) in [4.78, 5) is 4.39. The Kier molecular flexibility index (Phi) is 2.21. The summed E-state index contributed by atoms with van der Waals surface area (Å²) >= 11 is 0. The summed E-state index contributed by atoms with van der Waals surface area (Å²) in [5, 5.41) is 3.98. The van der Waals surface area contributed by atoms with Crippen LogP contribution in [0.5, 0.6) is 0 Å². The molecule has 0 amide bonds. The SMILES string of the molecule is NC1COCC1c1nc(CC2CC2)no1. The highest BCUT2D eigenvalue weighted by atomic mass is 16.5. The molecule has 15 heavy (non-hydrogen) atoms. The molecule has 2 unspecified atom stereocenters. The lowest BCUT2D eigenvalue weighted by molar-refractivity contribution is 0.187. The van der Waals surface area contributed by atoms with E-state index in [0.717, 1.165) is 18.2 Å². The zero-order valence-electron chi connectivity index (χ0n) is 8.56. The molecule has 1 aromatic rings. The van der Waals surface area contributed by atoms with Gasteiger partial charge < -0.3 is 15.0 Å². The molecule has 2 heterocycles. The molecule has 3 rings (SSSR count). The molecule has 2 N–H and O–H groups in total. The first kappa shape index (κ1) is 9.30. The Balaban J connectivity index is 1.71. The van der Waals surface area contributed by atoms with Crippen LogP contribution in [0.1, 0.15) is 30.5 Å². The minimum atomic E-state index is -0.000718. The molecule has 0 bridgehead atoms. The van der Waals surface area contributed by atoms with Crippen molar-refractivity contribution in [2.45, 2.75) is 31.2 Å². The maximum absolute atomic E-state index is 5.88. The van der Waals surface area contributed by atoms with Crippen molar-refractivity contribution in [3.63, 3.8) is 0 Å². The molecule has 1 aliphatic carbocycles. The maximum Gasteiger partial charge on any atom is 0.233 e. The monoisotopic (exact) mass is 209 g/mol. The van der Waals surface area contributed by atoms with Crippen molar-refractivity contribution in [1.82, 2.24) is 10.1 Å². The third kappa shape index (κ3) is 1.89. The summed E-state index contributed by atoms with van der Waals surface area (Å²) in [6.45, 7) is 1.19. The van der Waals surface area contributed by atoms with Gasteiger partial charge in [-0.15, -0.1) is 0 Å². The Morgan fingerprint density at radius 2 is 2.20 bits per heavy atom. The molecule has 82 valence electrons. The van der Waals surface area contributed by atoms with Crippen LogP contribution in [-0.2, 0) is 11.2 Å². The van der Waals surface area contributed by atoms with Gasteiger partial charge in [-0.05, 0) is 18.8 Å². The van der Waals surface area contributed by atoms with Gasteiger partial charge in [0.25, 0.3) is 0 Å². The van der Waals surface area contributed by atoms with E-state index < -0.39 is 0 Å². The van der Waals surface area contributed by atoms with Crippen LogP contribution in [-0.4, -0.2) is 29.4 Å². The number of nitrogens with zero attached hydrogens (tertiary/aromatic N) is 2. The average molecular weight is 209 g/mol. The first-order valence-electron chi connectivity index (χ1n) is 5.49. The molecule has 2 atom stereocenters. The number of hydrogen-bond donors (Lipinski definition) is 1. The third-order valence-electron chi connectivity index (χ3n) is 3.09. The van der Waals surface area contributed by atoms with Gasteiger partial charge in [-0.25, -0.2) is 0 Å². The molecule has 1 saturated heterocycles. The number of aromatic nitrogens is 2. The van der Waals surface area contributed by atoms with E-state index in [2.05, 4.69) is 10.1 Å². The van der Waals surface area contributed by atoms with Crippen molar-refractivity contribution in [2.24, 2.45) is 11.7 Å². The van der Waals surface area contributed by atoms with Gasteiger partial charge in [0, 0.05) is 12.5 Å². The summed E-state index contributed by atoms with van der Waals surface area (Å²) in [6.07, 6.45) is 3.55. The quantitative estimate of drug-likeness (QED) is 0.783. The molecule has 2 aliphatic rings. The second kappa shape index (κ2) is 3.57. The molecule has 1 aliphatic heterocycles. The van der Waals surface area contributed by atoms with E-state index in [4.69, 9.17) is 15.0 Å². The van der Waals surface area contributed by atoms with Gasteiger partial charge in [-0.2, -0.15) is 4.98 Å². The summed E-state index contributed by atoms with van der Waals surface area (Å²) in [7, 11) is 0. The van der Waals surface area contributed by atoms with Crippen LogP contribution in [0.2, 0.25) is 0 Å². The van der Waals surface area contributed by atoms with Crippen molar-refractivity contribution in [3.05, 3.63) is 11.7 Å². The number of ether oxygens (including phenoxy) is 1. The lowest BCUT2D eigenvalue weighted by atomic mass is 10.1. The molecular formula is C10H15N3O2. The Hall–Kier alpha value is -0.940. The fourth-order valence-electron chi connectivity index (χ4n) is 1.91. The Morgan fingerprint density at radius 3 is 2.87 bits per heavy atom. The van der Waals surface area contributed by atoms with Crippen LogP contribution in [0.3, 0.4) is 0 Å². The highest BCUT2D eigenvalue weighted by Crippen LogP contribution is 2.32. The zero-order valence-corrected chi connectivity index (χ0v) is 8.56. The number of hydrogen-bond acceptors (Lipinski definition) is 5. The number of nitrogens with two attached hydrogens (primary N) is 1. The normalized spacial score (nSPS) is 31.0. The zero-order chi connectivity index (χ0) is 10.3. The minimum Gasteiger partial charge on any atom is -0.379 e. The first-order chi connectivity index (χ1) is 7.33. The van der Waals surface area contributed by atoms with Gasteiger partial charge in [-0.3, -0.25) is 0 Å². The van der Waals surface area contributed by atoms with Crippen molar-refractivity contribution < 1.29 is 9.26 Å². The summed E-state index contributed by atoms with van der Waals surface area (Å²) in [5.74, 6) is 2.34. The topological polar surface area (TPSA) is 74.2 Å². The summed E-state index contributed by atoms with van der Waals surface area (Å²) < 4.78 is 10.5. The van der Waals surface area contributed by atoms with E-state index in [0.29, 0.717) is 19.1 Å². The van der Waals surface area contributed by atoms with Crippen LogP contribution in [0.25, 0.3) is 0 Å². The molecule has 5 nitrogen and oxygen atoms in total. The van der Waals surface area contributed by atoms with Crippen molar-refractivity contribution in [3.8, 4) is 0 Å². The predicted octanol–water partition coefficient (Wildman–Crippen LogP) is 0.463. The van der Waals surface area contributed by atoms with E-state index in [1.165, 1.54) is 12.8 Å². The maximum atomic E-state index is 5.88. The molecule has 0 aromatic carbocycles. The molecule has 0 radical (unpaired) electrons. The summed E-state index contributed by atoms with van der Waals surface area (Å²) in [6, 6.07) is -0.000718. The van der Waals surface area contributed by atoms with Crippen LogP contribution < -0.4 is 5.73 Å². The molecule has 5 heteroatoms. The summed E-state index contributed by atoms with van der Waals surface area (Å²) in [5.41, 5.74) is 5.88. The van der Waals surface area contributed by atoms with E-state index in [9.17, 15) is 0 Å². The average Bonchev–Trinajstić information content (AvgIpc) is 2.74. The molecular weight excluding hydrogens is 194 g/mol. The highest BCUT2D eigenvalue weighted by Gasteiger charge is 2.32. The Labute approximate surface area is 88.0 Å². The molecule has 1 aromatic heterocycles. The fourth-order valence-corrected chi connectivity index (χ4v) is 1.91. The van der Waals surface area contributed by atoms with Crippen molar-refractivity contribution >= 4 is 0 Å². The van der Waals surface area contributed by atoms with E-state index in [-0.39, 0.29) is 12.0 Å².